The third kappa shape index (κ3) is 7.82. The average Bonchev–Trinajstić information content (AvgIpc) is 2.53. The predicted octanol–water partition coefficient (Wildman–Crippen LogP) is 4.74. The molecule has 3 nitrogen and oxygen atoms in total. The maximum absolute atomic E-state index is 8.73. The zero-order valence-corrected chi connectivity index (χ0v) is 13.6. The smallest absolute Gasteiger partial charge is 0.140 e. The summed E-state index contributed by atoms with van der Waals surface area (Å²) in [6, 6.07) is 6.11. The Labute approximate surface area is 129 Å². The van der Waals surface area contributed by atoms with E-state index in [1.54, 1.807) is 12.3 Å². The van der Waals surface area contributed by atoms with Gasteiger partial charge in [0, 0.05) is 12.2 Å². The second-order valence-corrected chi connectivity index (χ2v) is 5.74. The van der Waals surface area contributed by atoms with E-state index in [9.17, 15) is 0 Å². The summed E-state index contributed by atoms with van der Waals surface area (Å²) in [5, 5.41) is 12.3. The molecule has 3 heteroatoms. The fourth-order valence-electron chi connectivity index (χ4n) is 2.42. The lowest BCUT2D eigenvalue weighted by atomic mass is 10.1. The van der Waals surface area contributed by atoms with Gasteiger partial charge in [0.05, 0.1) is 0 Å². The zero-order valence-electron chi connectivity index (χ0n) is 13.6. The molecule has 1 atom stereocenters. The Kier molecular flexibility index (Phi) is 9.48. The second-order valence-electron chi connectivity index (χ2n) is 5.74. The fourth-order valence-corrected chi connectivity index (χ4v) is 2.42. The van der Waals surface area contributed by atoms with Crippen molar-refractivity contribution in [2.75, 3.05) is 6.54 Å². The Morgan fingerprint density at radius 2 is 1.76 bits per heavy atom. The number of nitrogens with one attached hydrogen (secondary N) is 1. The monoisotopic (exact) mass is 287 g/mol. The van der Waals surface area contributed by atoms with Gasteiger partial charge in [0.1, 0.15) is 11.8 Å². The van der Waals surface area contributed by atoms with E-state index in [1.807, 2.05) is 12.1 Å². The summed E-state index contributed by atoms with van der Waals surface area (Å²) in [6.45, 7) is 5.46. The van der Waals surface area contributed by atoms with Crippen LogP contribution in [-0.2, 0) is 0 Å². The minimum absolute atomic E-state index is 0.301. The lowest BCUT2D eigenvalue weighted by Gasteiger charge is -2.13. The molecule has 0 radical (unpaired) electrons. The van der Waals surface area contributed by atoms with Crippen LogP contribution in [0.3, 0.4) is 0 Å². The van der Waals surface area contributed by atoms with Gasteiger partial charge in [-0.25, -0.2) is 4.98 Å². The van der Waals surface area contributed by atoms with Crippen LogP contribution in [0.15, 0.2) is 18.3 Å². The van der Waals surface area contributed by atoms with Crippen molar-refractivity contribution in [2.24, 2.45) is 0 Å². The number of hydrogen-bond donors (Lipinski definition) is 1. The highest BCUT2D eigenvalue weighted by Gasteiger charge is 2.04. The van der Waals surface area contributed by atoms with Crippen LogP contribution >= 0.6 is 0 Å². The Balaban J connectivity index is 2.05. The molecule has 0 aliphatic carbocycles. The summed E-state index contributed by atoms with van der Waals surface area (Å²) in [5.41, 5.74) is 1.63. The maximum atomic E-state index is 8.73. The first-order valence-corrected chi connectivity index (χ1v) is 8.37. The van der Waals surface area contributed by atoms with Crippen LogP contribution in [0.5, 0.6) is 0 Å². The number of hydrogen-bond acceptors (Lipinski definition) is 3. The molecule has 1 rings (SSSR count). The maximum Gasteiger partial charge on any atom is 0.140 e. The van der Waals surface area contributed by atoms with Crippen LogP contribution in [0.2, 0.25) is 0 Å². The van der Waals surface area contributed by atoms with Crippen molar-refractivity contribution in [2.45, 2.75) is 71.3 Å². The Bertz CT molecular complexity index is 405. The lowest BCUT2D eigenvalue weighted by Crippen LogP contribution is -2.20. The molecule has 0 saturated carbocycles. The second kappa shape index (κ2) is 11.3. The van der Waals surface area contributed by atoms with Crippen molar-refractivity contribution >= 4 is 0 Å². The molecule has 1 aromatic heterocycles. The molecule has 0 fully saturated rings. The number of rotatable bonds is 11. The summed E-state index contributed by atoms with van der Waals surface area (Å²) in [6.07, 6.45) is 12.6. The minimum atomic E-state index is 0.301. The highest BCUT2D eigenvalue weighted by atomic mass is 14.9. The average molecular weight is 287 g/mol. The summed E-state index contributed by atoms with van der Waals surface area (Å²) < 4.78 is 0. The molecular formula is C18H29N3. The van der Waals surface area contributed by atoms with E-state index in [0.717, 1.165) is 12.1 Å². The van der Waals surface area contributed by atoms with Crippen LogP contribution in [0.4, 0.5) is 0 Å². The number of unbranched alkanes of at least 4 members (excludes halogenated alkanes) is 7. The summed E-state index contributed by atoms with van der Waals surface area (Å²) in [4.78, 5) is 4.11. The molecule has 0 aliphatic rings. The van der Waals surface area contributed by atoms with Crippen molar-refractivity contribution in [1.29, 1.82) is 5.26 Å². The molecule has 0 aromatic carbocycles. The van der Waals surface area contributed by atoms with Crippen LogP contribution in [0, 0.1) is 11.3 Å². The predicted molar refractivity (Wildman–Crippen MR) is 88.0 cm³/mol. The van der Waals surface area contributed by atoms with E-state index in [-0.39, 0.29) is 0 Å². The van der Waals surface area contributed by atoms with Gasteiger partial charge in [-0.2, -0.15) is 5.26 Å². The summed E-state index contributed by atoms with van der Waals surface area (Å²) >= 11 is 0. The highest BCUT2D eigenvalue weighted by molar-refractivity contribution is 5.24. The van der Waals surface area contributed by atoms with Crippen molar-refractivity contribution in [1.82, 2.24) is 10.3 Å². The summed E-state index contributed by atoms with van der Waals surface area (Å²) in [7, 11) is 0. The van der Waals surface area contributed by atoms with Gasteiger partial charge in [-0.1, -0.05) is 57.9 Å². The number of pyridine rings is 1. The zero-order chi connectivity index (χ0) is 15.3. The molecule has 0 unspecified atom stereocenters. The SMILES string of the molecule is CCCCCCCCCCN[C@@H](C)c1ccc(C#N)nc1. The first kappa shape index (κ1) is 17.7. The lowest BCUT2D eigenvalue weighted by molar-refractivity contribution is 0.521. The molecule has 0 amide bonds. The van der Waals surface area contributed by atoms with Crippen LogP contribution in [-0.4, -0.2) is 11.5 Å². The van der Waals surface area contributed by atoms with Gasteiger partial charge in [-0.3, -0.25) is 0 Å². The molecule has 0 bridgehead atoms. The van der Waals surface area contributed by atoms with Gasteiger partial charge in [0.25, 0.3) is 0 Å². The third-order valence-corrected chi connectivity index (χ3v) is 3.88. The van der Waals surface area contributed by atoms with Gasteiger partial charge in [0.15, 0.2) is 0 Å². The molecule has 0 aliphatic heterocycles. The van der Waals surface area contributed by atoms with E-state index in [0.29, 0.717) is 11.7 Å². The molecule has 1 aromatic rings. The highest BCUT2D eigenvalue weighted by Crippen LogP contribution is 2.12. The van der Waals surface area contributed by atoms with Gasteiger partial charge in [0.2, 0.25) is 0 Å². The Morgan fingerprint density at radius 3 is 2.33 bits per heavy atom. The molecule has 1 heterocycles. The Hall–Kier alpha value is -1.40. The summed E-state index contributed by atoms with van der Waals surface area (Å²) in [5.74, 6) is 0. The first-order chi connectivity index (χ1) is 10.3. The van der Waals surface area contributed by atoms with Crippen molar-refractivity contribution in [3.63, 3.8) is 0 Å². The van der Waals surface area contributed by atoms with E-state index < -0.39 is 0 Å². The quantitative estimate of drug-likeness (QED) is 0.598. The van der Waals surface area contributed by atoms with E-state index in [4.69, 9.17) is 5.26 Å². The van der Waals surface area contributed by atoms with E-state index in [2.05, 4.69) is 24.1 Å². The fraction of sp³-hybridized carbons (Fsp3) is 0.667. The van der Waals surface area contributed by atoms with E-state index >= 15 is 0 Å². The molecule has 0 saturated heterocycles. The van der Waals surface area contributed by atoms with Crippen molar-refractivity contribution in [3.05, 3.63) is 29.6 Å². The van der Waals surface area contributed by atoms with Crippen LogP contribution in [0.25, 0.3) is 0 Å². The van der Waals surface area contributed by atoms with Crippen molar-refractivity contribution < 1.29 is 0 Å². The van der Waals surface area contributed by atoms with Crippen LogP contribution in [0.1, 0.15) is 82.5 Å². The standard InChI is InChI=1S/C18H29N3/c1-3-4-5-6-7-8-9-10-13-20-16(2)17-11-12-18(14-19)21-15-17/h11-12,15-16,20H,3-10,13H2,1-2H3/t16-/m0/s1. The van der Waals surface area contributed by atoms with Gasteiger partial charge in [-0.15, -0.1) is 0 Å². The van der Waals surface area contributed by atoms with Crippen molar-refractivity contribution in [3.8, 4) is 6.07 Å². The normalized spacial score (nSPS) is 12.0. The van der Waals surface area contributed by atoms with Gasteiger partial charge in [-0.05, 0) is 31.5 Å². The third-order valence-electron chi connectivity index (χ3n) is 3.88. The molecular weight excluding hydrogens is 258 g/mol. The minimum Gasteiger partial charge on any atom is -0.310 e. The number of aromatic nitrogens is 1. The molecule has 116 valence electrons. The Morgan fingerprint density at radius 1 is 1.10 bits per heavy atom. The molecule has 0 spiro atoms. The van der Waals surface area contributed by atoms with Gasteiger partial charge < -0.3 is 5.32 Å². The first-order valence-electron chi connectivity index (χ1n) is 8.37. The van der Waals surface area contributed by atoms with Crippen LogP contribution < -0.4 is 5.32 Å². The molecule has 1 N–H and O–H groups in total. The topological polar surface area (TPSA) is 48.7 Å². The number of nitrogens with zero attached hydrogens (tertiary/aromatic N) is 2. The largest absolute Gasteiger partial charge is 0.310 e. The van der Waals surface area contributed by atoms with Gasteiger partial charge >= 0.3 is 0 Å². The number of nitriles is 1. The van der Waals surface area contributed by atoms with E-state index in [1.165, 1.54) is 51.4 Å². The molecule has 21 heavy (non-hydrogen) atoms.